The Labute approximate surface area is 77.0 Å². The summed E-state index contributed by atoms with van der Waals surface area (Å²) in [6, 6.07) is 0. The van der Waals surface area contributed by atoms with E-state index in [2.05, 4.69) is 0 Å². The third kappa shape index (κ3) is 2.43. The van der Waals surface area contributed by atoms with Gasteiger partial charge in [-0.1, -0.05) is 0 Å². The second-order valence-electron chi connectivity index (χ2n) is 2.63. The lowest BCUT2D eigenvalue weighted by Gasteiger charge is -2.29. The average Bonchev–Trinajstić information content (AvgIpc) is 2.21. The van der Waals surface area contributed by atoms with E-state index in [0.29, 0.717) is 0 Å². The fourth-order valence-corrected chi connectivity index (χ4v) is 1.04. The maximum atomic E-state index is 10.8. The van der Waals surface area contributed by atoms with E-state index in [1.54, 1.807) is 0 Å². The summed E-state index contributed by atoms with van der Waals surface area (Å²) in [6.45, 7) is -0.859. The topological polar surface area (TPSA) is 76.0 Å². The van der Waals surface area contributed by atoms with Gasteiger partial charge < -0.3 is 19.7 Å². The SMILES string of the molecule is [2H]CC(=O)O[C@@H]1C=CO[C@H](CO)[C@H]1O. The van der Waals surface area contributed by atoms with Gasteiger partial charge in [0.1, 0.15) is 6.10 Å². The van der Waals surface area contributed by atoms with Gasteiger partial charge in [0.25, 0.3) is 0 Å². The molecule has 0 aromatic carbocycles. The summed E-state index contributed by atoms with van der Waals surface area (Å²) in [5.74, 6) is -0.725. The van der Waals surface area contributed by atoms with E-state index < -0.39 is 31.2 Å². The smallest absolute Gasteiger partial charge is 0.303 e. The molecule has 1 rings (SSSR count). The third-order valence-electron chi connectivity index (χ3n) is 1.69. The van der Waals surface area contributed by atoms with Crippen molar-refractivity contribution in [3.05, 3.63) is 12.3 Å². The zero-order valence-corrected chi connectivity index (χ0v) is 6.92. The van der Waals surface area contributed by atoms with Gasteiger partial charge in [-0.05, 0) is 6.08 Å². The van der Waals surface area contributed by atoms with Gasteiger partial charge in [0.2, 0.25) is 0 Å². The highest BCUT2D eigenvalue weighted by atomic mass is 16.6. The molecule has 5 heteroatoms. The summed E-state index contributed by atoms with van der Waals surface area (Å²) in [5.41, 5.74) is 0. The second-order valence-corrected chi connectivity index (χ2v) is 2.63. The van der Waals surface area contributed by atoms with Crippen molar-refractivity contribution < 1.29 is 25.9 Å². The number of rotatable bonds is 2. The first-order valence-electron chi connectivity index (χ1n) is 4.49. The van der Waals surface area contributed by atoms with Crippen molar-refractivity contribution in [1.29, 1.82) is 0 Å². The lowest BCUT2D eigenvalue weighted by atomic mass is 10.1. The summed E-state index contributed by atoms with van der Waals surface area (Å²) in [5, 5.41) is 18.3. The minimum absolute atomic E-state index is 0.361. The van der Waals surface area contributed by atoms with E-state index in [-0.39, 0.29) is 6.61 Å². The maximum absolute atomic E-state index is 10.8. The second kappa shape index (κ2) is 4.25. The summed E-state index contributed by atoms with van der Waals surface area (Å²) < 4.78 is 16.3. The van der Waals surface area contributed by atoms with Gasteiger partial charge in [-0.3, -0.25) is 4.79 Å². The maximum Gasteiger partial charge on any atom is 0.303 e. The summed E-state index contributed by atoms with van der Waals surface area (Å²) in [7, 11) is 0. The van der Waals surface area contributed by atoms with Crippen LogP contribution in [0.4, 0.5) is 0 Å². The van der Waals surface area contributed by atoms with Crippen molar-refractivity contribution in [2.45, 2.75) is 25.2 Å². The van der Waals surface area contributed by atoms with Crippen LogP contribution in [-0.4, -0.2) is 41.1 Å². The summed E-state index contributed by atoms with van der Waals surface area (Å²) >= 11 is 0. The number of carbonyl (C=O) groups excluding carboxylic acids is 1. The standard InChI is InChI=1S/C8H12O5/c1-5(10)13-6-2-3-12-7(4-9)8(6)11/h2-3,6-9,11H,4H2,1H3/t6-,7-,8+/m1/s1/i1D. The predicted molar refractivity (Wildman–Crippen MR) is 42.7 cm³/mol. The van der Waals surface area contributed by atoms with Crippen molar-refractivity contribution in [1.82, 2.24) is 0 Å². The first kappa shape index (κ1) is 8.52. The van der Waals surface area contributed by atoms with E-state index in [1.165, 1.54) is 12.3 Å². The molecule has 0 unspecified atom stereocenters. The Balaban J connectivity index is 2.56. The van der Waals surface area contributed by atoms with E-state index >= 15 is 0 Å². The normalized spacial score (nSPS) is 33.4. The molecule has 1 heterocycles. The highest BCUT2D eigenvalue weighted by Crippen LogP contribution is 2.14. The summed E-state index contributed by atoms with van der Waals surface area (Å²) in [6.07, 6.45) is -0.109. The highest BCUT2D eigenvalue weighted by molar-refractivity contribution is 5.66. The molecule has 0 bridgehead atoms. The van der Waals surface area contributed by atoms with Gasteiger partial charge in [-0.2, -0.15) is 0 Å². The molecule has 0 amide bonds. The van der Waals surface area contributed by atoms with Crippen LogP contribution in [0, 0.1) is 0 Å². The minimum Gasteiger partial charge on any atom is -0.493 e. The molecule has 0 saturated carbocycles. The third-order valence-corrected chi connectivity index (χ3v) is 1.69. The largest absolute Gasteiger partial charge is 0.493 e. The monoisotopic (exact) mass is 189 g/mol. The lowest BCUT2D eigenvalue weighted by molar-refractivity contribution is -0.156. The van der Waals surface area contributed by atoms with Gasteiger partial charge in [0, 0.05) is 8.27 Å². The molecule has 0 aromatic rings. The van der Waals surface area contributed by atoms with Crippen LogP contribution in [0.5, 0.6) is 0 Å². The molecule has 0 aromatic heterocycles. The van der Waals surface area contributed by atoms with Crippen LogP contribution >= 0.6 is 0 Å². The first-order valence-corrected chi connectivity index (χ1v) is 3.78. The molecule has 1 aliphatic heterocycles. The molecule has 0 spiro atoms. The Morgan fingerprint density at radius 2 is 2.62 bits per heavy atom. The number of aliphatic hydroxyl groups excluding tert-OH is 2. The van der Waals surface area contributed by atoms with Gasteiger partial charge >= 0.3 is 5.97 Å². The number of ether oxygens (including phenoxy) is 2. The zero-order chi connectivity index (χ0) is 10.6. The molecule has 5 nitrogen and oxygen atoms in total. The Hall–Kier alpha value is -1.07. The number of aliphatic hydroxyl groups is 2. The fraction of sp³-hybridized carbons (Fsp3) is 0.625. The van der Waals surface area contributed by atoms with Crippen LogP contribution in [0.2, 0.25) is 0 Å². The van der Waals surface area contributed by atoms with Crippen LogP contribution in [0.1, 0.15) is 8.27 Å². The van der Waals surface area contributed by atoms with Crippen LogP contribution in [0.25, 0.3) is 0 Å². The van der Waals surface area contributed by atoms with Gasteiger partial charge in [-0.25, -0.2) is 0 Å². The van der Waals surface area contributed by atoms with E-state index in [1.807, 2.05) is 0 Å². The molecule has 0 fully saturated rings. The Kier molecular flexibility index (Phi) is 2.79. The molecular weight excluding hydrogens is 176 g/mol. The molecule has 0 saturated heterocycles. The average molecular weight is 189 g/mol. The molecule has 0 radical (unpaired) electrons. The molecular formula is C8H12O5. The van der Waals surface area contributed by atoms with Crippen molar-refractivity contribution in [3.63, 3.8) is 0 Å². The van der Waals surface area contributed by atoms with E-state index in [4.69, 9.17) is 16.0 Å². The Bertz CT molecular complexity index is 230. The number of hydrogen-bond acceptors (Lipinski definition) is 5. The zero-order valence-electron chi connectivity index (χ0n) is 7.92. The molecule has 74 valence electrons. The van der Waals surface area contributed by atoms with E-state index in [9.17, 15) is 9.90 Å². The van der Waals surface area contributed by atoms with E-state index in [0.717, 1.165) is 0 Å². The van der Waals surface area contributed by atoms with Crippen molar-refractivity contribution in [2.75, 3.05) is 6.61 Å². The Morgan fingerprint density at radius 3 is 3.23 bits per heavy atom. The van der Waals surface area contributed by atoms with Gasteiger partial charge in [-0.15, -0.1) is 0 Å². The van der Waals surface area contributed by atoms with Crippen molar-refractivity contribution >= 4 is 5.97 Å². The quantitative estimate of drug-likeness (QED) is 0.555. The number of esters is 1. The van der Waals surface area contributed by atoms with Crippen LogP contribution in [0.3, 0.4) is 0 Å². The minimum atomic E-state index is -1.10. The van der Waals surface area contributed by atoms with Crippen molar-refractivity contribution in [3.8, 4) is 0 Å². The molecule has 0 aliphatic carbocycles. The Morgan fingerprint density at radius 1 is 1.85 bits per heavy atom. The fourth-order valence-electron chi connectivity index (χ4n) is 1.04. The van der Waals surface area contributed by atoms with Gasteiger partial charge in [0.15, 0.2) is 12.2 Å². The number of hydrogen-bond donors (Lipinski definition) is 2. The summed E-state index contributed by atoms with van der Waals surface area (Å²) in [4.78, 5) is 10.8. The predicted octanol–water partition coefficient (Wildman–Crippen LogP) is -0.816. The lowest BCUT2D eigenvalue weighted by Crippen LogP contribution is -2.44. The highest BCUT2D eigenvalue weighted by Gasteiger charge is 2.31. The molecule has 2 N–H and O–H groups in total. The van der Waals surface area contributed by atoms with Crippen LogP contribution in [-0.2, 0) is 14.3 Å². The van der Waals surface area contributed by atoms with Crippen LogP contribution < -0.4 is 0 Å². The molecule has 13 heavy (non-hydrogen) atoms. The first-order chi connectivity index (χ1) is 6.69. The number of carbonyl (C=O) groups is 1. The van der Waals surface area contributed by atoms with Crippen LogP contribution in [0.15, 0.2) is 12.3 Å². The van der Waals surface area contributed by atoms with Gasteiger partial charge in [0.05, 0.1) is 12.9 Å². The molecule has 3 atom stereocenters. The van der Waals surface area contributed by atoms with Crippen molar-refractivity contribution in [2.24, 2.45) is 0 Å². The molecule has 1 aliphatic rings.